The van der Waals surface area contributed by atoms with Crippen molar-refractivity contribution in [1.29, 1.82) is 5.26 Å². The molecule has 1 saturated heterocycles. The van der Waals surface area contributed by atoms with Gasteiger partial charge in [-0.3, -0.25) is 9.59 Å². The molecule has 9 heteroatoms. The first-order valence-electron chi connectivity index (χ1n) is 10.7. The molecule has 1 heterocycles. The van der Waals surface area contributed by atoms with E-state index in [4.69, 9.17) is 5.26 Å². The van der Waals surface area contributed by atoms with E-state index >= 15 is 0 Å². The number of piperazine rings is 1. The second-order valence-electron chi connectivity index (χ2n) is 8.60. The Bertz CT molecular complexity index is 901. The monoisotopic (exact) mass is 434 g/mol. The Hall–Kier alpha value is -2.76. The fraction of sp³-hybridized carbons (Fsp3) is 0.591. The minimum Gasteiger partial charge on any atom is -0.367 e. The number of alkyl halides is 3. The molecule has 1 atom stereocenters. The van der Waals surface area contributed by atoms with E-state index in [1.165, 1.54) is 6.07 Å². The summed E-state index contributed by atoms with van der Waals surface area (Å²) in [5.41, 5.74) is -1.13. The molecule has 1 N–H and O–H groups in total. The van der Waals surface area contributed by atoms with Crippen LogP contribution in [-0.4, -0.2) is 48.4 Å². The van der Waals surface area contributed by atoms with Crippen molar-refractivity contribution >= 4 is 17.5 Å². The van der Waals surface area contributed by atoms with Crippen molar-refractivity contribution < 1.29 is 22.8 Å². The molecule has 6 nitrogen and oxygen atoms in total. The molecule has 2 aliphatic carbocycles. The lowest BCUT2D eigenvalue weighted by molar-refractivity contribution is -0.144. The number of hydrogen-bond donors (Lipinski definition) is 1. The van der Waals surface area contributed by atoms with Gasteiger partial charge in [0.15, 0.2) is 0 Å². The van der Waals surface area contributed by atoms with E-state index in [0.29, 0.717) is 12.2 Å². The van der Waals surface area contributed by atoms with Crippen molar-refractivity contribution in [2.24, 2.45) is 5.92 Å². The summed E-state index contributed by atoms with van der Waals surface area (Å²) in [6, 6.07) is 4.56. The molecule has 0 radical (unpaired) electrons. The van der Waals surface area contributed by atoms with Crippen LogP contribution in [0.25, 0.3) is 0 Å². The van der Waals surface area contributed by atoms with Gasteiger partial charge in [0.2, 0.25) is 11.8 Å². The van der Waals surface area contributed by atoms with Crippen LogP contribution in [-0.2, 0) is 15.8 Å². The molecule has 1 unspecified atom stereocenters. The number of nitriles is 1. The zero-order valence-corrected chi connectivity index (χ0v) is 17.1. The van der Waals surface area contributed by atoms with E-state index in [1.807, 2.05) is 0 Å². The molecule has 1 aliphatic heterocycles. The maximum Gasteiger partial charge on any atom is 0.417 e. The standard InChI is InChI=1S/C22H25F3N4O2/c23-22(24,25)18-11-17(8-5-15(18)12-26)28-9-10-29(21(31)14-3-1-2-4-14)19(13-28)20(30)27-16-6-7-16/h5,8,11,14,16,19H,1-4,6-7,9-10,13H2,(H,27,30). The van der Waals surface area contributed by atoms with Crippen LogP contribution in [0.3, 0.4) is 0 Å². The maximum absolute atomic E-state index is 13.4. The van der Waals surface area contributed by atoms with Crippen molar-refractivity contribution in [3.05, 3.63) is 29.3 Å². The predicted octanol–water partition coefficient (Wildman–Crippen LogP) is 3.06. The van der Waals surface area contributed by atoms with E-state index in [2.05, 4.69) is 5.32 Å². The summed E-state index contributed by atoms with van der Waals surface area (Å²) >= 11 is 0. The Balaban J connectivity index is 1.58. The Morgan fingerprint density at radius 2 is 1.81 bits per heavy atom. The van der Waals surface area contributed by atoms with Crippen LogP contribution < -0.4 is 10.2 Å². The Labute approximate surface area is 179 Å². The molecular formula is C22H25F3N4O2. The first-order chi connectivity index (χ1) is 14.8. The third kappa shape index (κ3) is 4.63. The highest BCUT2D eigenvalue weighted by molar-refractivity contribution is 5.90. The highest BCUT2D eigenvalue weighted by atomic mass is 19.4. The number of nitrogens with zero attached hydrogens (tertiary/aromatic N) is 3. The number of nitrogens with one attached hydrogen (secondary N) is 1. The van der Waals surface area contributed by atoms with Crippen LogP contribution in [0.2, 0.25) is 0 Å². The molecule has 0 spiro atoms. The van der Waals surface area contributed by atoms with Gasteiger partial charge >= 0.3 is 6.18 Å². The van der Waals surface area contributed by atoms with Crippen molar-refractivity contribution in [2.45, 2.75) is 56.8 Å². The van der Waals surface area contributed by atoms with Crippen molar-refractivity contribution in [1.82, 2.24) is 10.2 Å². The van der Waals surface area contributed by atoms with Gasteiger partial charge in [-0.25, -0.2) is 0 Å². The molecule has 3 aliphatic rings. The van der Waals surface area contributed by atoms with Gasteiger partial charge in [-0.2, -0.15) is 18.4 Å². The zero-order valence-electron chi connectivity index (χ0n) is 17.1. The van der Waals surface area contributed by atoms with Crippen LogP contribution in [0.15, 0.2) is 18.2 Å². The number of rotatable bonds is 4. The van der Waals surface area contributed by atoms with Crippen LogP contribution in [0.4, 0.5) is 18.9 Å². The minimum absolute atomic E-state index is 0.0242. The first-order valence-corrected chi connectivity index (χ1v) is 10.7. The average Bonchev–Trinajstić information content (AvgIpc) is 3.39. The number of benzene rings is 1. The fourth-order valence-corrected chi connectivity index (χ4v) is 4.50. The summed E-state index contributed by atoms with van der Waals surface area (Å²) in [7, 11) is 0. The van der Waals surface area contributed by atoms with E-state index in [-0.39, 0.29) is 36.9 Å². The Kier molecular flexibility index (Phi) is 5.82. The molecule has 0 aromatic heterocycles. The maximum atomic E-state index is 13.4. The van der Waals surface area contributed by atoms with Crippen LogP contribution in [0, 0.1) is 17.2 Å². The SMILES string of the molecule is N#Cc1ccc(N2CCN(C(=O)C3CCCC3)C(C(=O)NC3CC3)C2)cc1C(F)(F)F. The highest BCUT2D eigenvalue weighted by Gasteiger charge is 2.41. The number of hydrogen-bond acceptors (Lipinski definition) is 4. The number of carbonyl (C=O) groups excluding carboxylic acids is 2. The van der Waals surface area contributed by atoms with Gasteiger partial charge in [-0.05, 0) is 43.9 Å². The number of halogens is 3. The first kappa shape index (κ1) is 21.5. The summed E-state index contributed by atoms with van der Waals surface area (Å²) in [4.78, 5) is 29.3. The second-order valence-corrected chi connectivity index (χ2v) is 8.60. The largest absolute Gasteiger partial charge is 0.417 e. The highest BCUT2D eigenvalue weighted by Crippen LogP contribution is 2.35. The summed E-state index contributed by atoms with van der Waals surface area (Å²) in [6.45, 7) is 0.731. The van der Waals surface area contributed by atoms with E-state index in [1.54, 1.807) is 15.9 Å². The van der Waals surface area contributed by atoms with Crippen molar-refractivity contribution in [3.8, 4) is 6.07 Å². The molecule has 166 valence electrons. The summed E-state index contributed by atoms with van der Waals surface area (Å²) in [5, 5.41) is 12.0. The lowest BCUT2D eigenvalue weighted by Gasteiger charge is -2.42. The number of carbonyl (C=O) groups is 2. The average molecular weight is 434 g/mol. The van der Waals surface area contributed by atoms with E-state index in [0.717, 1.165) is 50.7 Å². The summed E-state index contributed by atoms with van der Waals surface area (Å²) in [5.74, 6) is -0.346. The predicted molar refractivity (Wildman–Crippen MR) is 107 cm³/mol. The van der Waals surface area contributed by atoms with E-state index < -0.39 is 23.3 Å². The normalized spacial score (nSPS) is 22.3. The lowest BCUT2D eigenvalue weighted by Crippen LogP contribution is -2.61. The van der Waals surface area contributed by atoms with Gasteiger partial charge in [0, 0.05) is 37.3 Å². The smallest absolute Gasteiger partial charge is 0.367 e. The Morgan fingerprint density at radius 3 is 2.42 bits per heavy atom. The molecule has 2 amide bonds. The minimum atomic E-state index is -4.65. The number of amides is 2. The van der Waals surface area contributed by atoms with Gasteiger partial charge in [-0.15, -0.1) is 0 Å². The molecule has 1 aromatic carbocycles. The molecular weight excluding hydrogens is 409 g/mol. The topological polar surface area (TPSA) is 76.4 Å². The summed E-state index contributed by atoms with van der Waals surface area (Å²) < 4.78 is 40.2. The molecule has 0 bridgehead atoms. The van der Waals surface area contributed by atoms with Crippen LogP contribution in [0.5, 0.6) is 0 Å². The molecule has 3 fully saturated rings. The Morgan fingerprint density at radius 1 is 1.10 bits per heavy atom. The molecule has 4 rings (SSSR count). The van der Waals surface area contributed by atoms with Crippen LogP contribution >= 0.6 is 0 Å². The number of anilines is 1. The van der Waals surface area contributed by atoms with Gasteiger partial charge in [0.05, 0.1) is 17.2 Å². The molecule has 2 saturated carbocycles. The summed E-state index contributed by atoms with van der Waals surface area (Å²) in [6.07, 6.45) is 0.805. The van der Waals surface area contributed by atoms with Crippen LogP contribution in [0.1, 0.15) is 49.7 Å². The quantitative estimate of drug-likeness (QED) is 0.790. The molecule has 1 aromatic rings. The van der Waals surface area contributed by atoms with Gasteiger partial charge in [0.25, 0.3) is 0 Å². The van der Waals surface area contributed by atoms with Crippen molar-refractivity contribution in [2.75, 3.05) is 24.5 Å². The third-order valence-corrected chi connectivity index (χ3v) is 6.39. The van der Waals surface area contributed by atoms with Crippen molar-refractivity contribution in [3.63, 3.8) is 0 Å². The van der Waals surface area contributed by atoms with Gasteiger partial charge in [-0.1, -0.05) is 12.8 Å². The third-order valence-electron chi connectivity index (χ3n) is 6.39. The molecule has 31 heavy (non-hydrogen) atoms. The second kappa shape index (κ2) is 8.40. The van der Waals surface area contributed by atoms with Gasteiger partial charge in [0.1, 0.15) is 6.04 Å². The fourth-order valence-electron chi connectivity index (χ4n) is 4.50. The lowest BCUT2D eigenvalue weighted by atomic mass is 10.0. The van der Waals surface area contributed by atoms with E-state index in [9.17, 15) is 22.8 Å². The van der Waals surface area contributed by atoms with Gasteiger partial charge < -0.3 is 15.1 Å². The zero-order chi connectivity index (χ0) is 22.2.